The number of hydrogen-bond donors (Lipinski definition) is 2. The zero-order chi connectivity index (χ0) is 13.8. The predicted molar refractivity (Wildman–Crippen MR) is 66.1 cm³/mol. The zero-order valence-electron chi connectivity index (χ0n) is 9.86. The number of methoxy groups -OCH3 is 1. The van der Waals surface area contributed by atoms with Crippen molar-refractivity contribution in [3.63, 3.8) is 0 Å². The number of alkyl halides is 3. The summed E-state index contributed by atoms with van der Waals surface area (Å²) in [6, 6.07) is -0.850. The Labute approximate surface area is 117 Å². The van der Waals surface area contributed by atoms with Gasteiger partial charge in [0.25, 0.3) is 0 Å². The van der Waals surface area contributed by atoms with Crippen molar-refractivity contribution in [1.82, 2.24) is 10.3 Å². The van der Waals surface area contributed by atoms with Crippen molar-refractivity contribution in [2.24, 2.45) is 5.73 Å². The van der Waals surface area contributed by atoms with Crippen LogP contribution in [0.15, 0.2) is 5.38 Å². The van der Waals surface area contributed by atoms with Gasteiger partial charge in [0.15, 0.2) is 5.69 Å². The van der Waals surface area contributed by atoms with Gasteiger partial charge in [-0.2, -0.15) is 13.2 Å². The first-order valence-corrected chi connectivity index (χ1v) is 5.76. The van der Waals surface area contributed by atoms with Crippen LogP contribution in [0.5, 0.6) is 0 Å². The second kappa shape index (κ2) is 7.63. The van der Waals surface area contributed by atoms with E-state index in [1.807, 2.05) is 0 Å². The van der Waals surface area contributed by atoms with Gasteiger partial charge in [0.05, 0.1) is 13.2 Å². The summed E-state index contributed by atoms with van der Waals surface area (Å²) in [5.41, 5.74) is 4.47. The maximum atomic E-state index is 12.2. The standard InChI is InChI=1S/C9H12F3N3O2S.ClH/c1-17-3-5(13)8(16)14-2-7-15-6(4-18-7)9(10,11)12;/h4-5H,2-3,13H2,1H3,(H,14,16);1H. The Kier molecular flexibility index (Phi) is 7.27. The van der Waals surface area contributed by atoms with Crippen LogP contribution in [0.4, 0.5) is 13.2 Å². The van der Waals surface area contributed by atoms with Crippen LogP contribution in [-0.4, -0.2) is 30.6 Å². The van der Waals surface area contributed by atoms with E-state index >= 15 is 0 Å². The van der Waals surface area contributed by atoms with Crippen LogP contribution in [0.3, 0.4) is 0 Å². The van der Waals surface area contributed by atoms with E-state index in [1.54, 1.807) is 0 Å². The van der Waals surface area contributed by atoms with Gasteiger partial charge >= 0.3 is 6.18 Å². The van der Waals surface area contributed by atoms with Crippen LogP contribution in [0, 0.1) is 0 Å². The number of nitrogens with two attached hydrogens (primary N) is 1. The monoisotopic (exact) mass is 319 g/mol. The SMILES string of the molecule is COCC(N)C(=O)NCc1nc(C(F)(F)F)cs1.Cl. The van der Waals surface area contributed by atoms with Crippen molar-refractivity contribution in [2.75, 3.05) is 13.7 Å². The van der Waals surface area contributed by atoms with Crippen molar-refractivity contribution in [1.29, 1.82) is 0 Å². The molecule has 5 nitrogen and oxygen atoms in total. The maximum Gasteiger partial charge on any atom is 0.434 e. The van der Waals surface area contributed by atoms with Gasteiger partial charge in [-0.05, 0) is 0 Å². The van der Waals surface area contributed by atoms with Crippen molar-refractivity contribution < 1.29 is 22.7 Å². The summed E-state index contributed by atoms with van der Waals surface area (Å²) in [5, 5.41) is 3.45. The molecule has 3 N–H and O–H groups in total. The number of nitrogens with one attached hydrogen (secondary N) is 1. The van der Waals surface area contributed by atoms with Crippen molar-refractivity contribution in [2.45, 2.75) is 18.8 Å². The van der Waals surface area contributed by atoms with E-state index in [4.69, 9.17) is 5.73 Å². The fraction of sp³-hybridized carbons (Fsp3) is 0.556. The first-order chi connectivity index (χ1) is 8.34. The van der Waals surface area contributed by atoms with Crippen LogP contribution in [-0.2, 0) is 22.3 Å². The normalized spacial score (nSPS) is 12.7. The highest BCUT2D eigenvalue weighted by Crippen LogP contribution is 2.29. The Morgan fingerprint density at radius 2 is 2.26 bits per heavy atom. The minimum atomic E-state index is -4.47. The van der Waals surface area contributed by atoms with Crippen LogP contribution in [0.2, 0.25) is 0 Å². The molecule has 0 saturated heterocycles. The molecule has 1 atom stereocenters. The fourth-order valence-corrected chi connectivity index (χ4v) is 1.81. The molecule has 0 saturated carbocycles. The number of thiazole rings is 1. The summed E-state index contributed by atoms with van der Waals surface area (Å²) in [4.78, 5) is 14.7. The summed E-state index contributed by atoms with van der Waals surface area (Å²) in [5.74, 6) is -0.499. The molecule has 0 bridgehead atoms. The molecule has 1 unspecified atom stereocenters. The molecule has 1 rings (SSSR count). The molecule has 0 aliphatic heterocycles. The number of rotatable bonds is 5. The summed E-state index contributed by atoms with van der Waals surface area (Å²) >= 11 is 0.826. The molecule has 1 heterocycles. The molecular formula is C9H13ClF3N3O2S. The Balaban J connectivity index is 0.00000324. The lowest BCUT2D eigenvalue weighted by Gasteiger charge is -2.09. The highest BCUT2D eigenvalue weighted by molar-refractivity contribution is 7.09. The number of aromatic nitrogens is 1. The molecule has 10 heteroatoms. The Morgan fingerprint density at radius 1 is 1.63 bits per heavy atom. The van der Waals surface area contributed by atoms with Gasteiger partial charge in [-0.15, -0.1) is 23.7 Å². The molecule has 0 aliphatic rings. The summed E-state index contributed by atoms with van der Waals surface area (Å²) in [6.45, 7) is -0.0471. The van der Waals surface area contributed by atoms with Gasteiger partial charge in [-0.25, -0.2) is 4.98 Å². The van der Waals surface area contributed by atoms with E-state index in [-0.39, 0.29) is 30.6 Å². The van der Waals surface area contributed by atoms with E-state index in [1.165, 1.54) is 7.11 Å². The summed E-state index contributed by atoms with van der Waals surface area (Å²) < 4.78 is 41.4. The topological polar surface area (TPSA) is 77.2 Å². The number of carbonyl (C=O) groups is 1. The first kappa shape index (κ1) is 18.1. The van der Waals surface area contributed by atoms with E-state index in [2.05, 4.69) is 15.0 Å². The Hall–Kier alpha value is -0.900. The summed E-state index contributed by atoms with van der Waals surface area (Å²) in [6.07, 6.45) is -4.47. The number of ether oxygens (including phenoxy) is 1. The fourth-order valence-electron chi connectivity index (χ4n) is 1.07. The molecule has 0 spiro atoms. The van der Waals surface area contributed by atoms with E-state index in [9.17, 15) is 18.0 Å². The molecule has 1 aromatic rings. The highest BCUT2D eigenvalue weighted by atomic mass is 35.5. The number of halogens is 4. The van der Waals surface area contributed by atoms with Crippen molar-refractivity contribution in [3.8, 4) is 0 Å². The number of nitrogens with zero attached hydrogens (tertiary/aromatic N) is 1. The number of amides is 1. The zero-order valence-corrected chi connectivity index (χ0v) is 11.5. The lowest BCUT2D eigenvalue weighted by molar-refractivity contribution is -0.140. The van der Waals surface area contributed by atoms with Gasteiger partial charge in [0.2, 0.25) is 5.91 Å². The number of carbonyl (C=O) groups excluding carboxylic acids is 1. The van der Waals surface area contributed by atoms with Crippen LogP contribution < -0.4 is 11.1 Å². The second-order valence-corrected chi connectivity index (χ2v) is 4.35. The maximum absolute atomic E-state index is 12.2. The quantitative estimate of drug-likeness (QED) is 0.854. The first-order valence-electron chi connectivity index (χ1n) is 4.88. The van der Waals surface area contributed by atoms with Gasteiger partial charge < -0.3 is 15.8 Å². The summed E-state index contributed by atoms with van der Waals surface area (Å²) in [7, 11) is 1.39. The van der Waals surface area contributed by atoms with Crippen LogP contribution in [0.1, 0.15) is 10.7 Å². The molecule has 0 aromatic carbocycles. The third kappa shape index (κ3) is 5.72. The molecule has 19 heavy (non-hydrogen) atoms. The number of hydrogen-bond acceptors (Lipinski definition) is 5. The van der Waals surface area contributed by atoms with E-state index < -0.39 is 23.8 Å². The lowest BCUT2D eigenvalue weighted by Crippen LogP contribution is -2.43. The van der Waals surface area contributed by atoms with Gasteiger partial charge in [-0.3, -0.25) is 4.79 Å². The second-order valence-electron chi connectivity index (χ2n) is 3.40. The lowest BCUT2D eigenvalue weighted by atomic mass is 10.3. The smallest absolute Gasteiger partial charge is 0.383 e. The van der Waals surface area contributed by atoms with Crippen LogP contribution in [0.25, 0.3) is 0 Å². The minimum Gasteiger partial charge on any atom is -0.383 e. The van der Waals surface area contributed by atoms with Gasteiger partial charge in [-0.1, -0.05) is 0 Å². The third-order valence-corrected chi connectivity index (χ3v) is 2.79. The Bertz CT molecular complexity index is 414. The Morgan fingerprint density at radius 3 is 2.74 bits per heavy atom. The van der Waals surface area contributed by atoms with Gasteiger partial charge in [0.1, 0.15) is 11.0 Å². The average Bonchev–Trinajstić information content (AvgIpc) is 2.74. The van der Waals surface area contributed by atoms with E-state index in [0.717, 1.165) is 16.7 Å². The molecule has 0 radical (unpaired) electrons. The molecule has 0 fully saturated rings. The molecule has 110 valence electrons. The van der Waals surface area contributed by atoms with Crippen molar-refractivity contribution >= 4 is 29.7 Å². The van der Waals surface area contributed by atoms with Gasteiger partial charge in [0, 0.05) is 12.5 Å². The largest absolute Gasteiger partial charge is 0.434 e. The molecule has 1 aromatic heterocycles. The van der Waals surface area contributed by atoms with Crippen LogP contribution >= 0.6 is 23.7 Å². The molecule has 0 aliphatic carbocycles. The highest BCUT2D eigenvalue weighted by Gasteiger charge is 2.33. The predicted octanol–water partition coefficient (Wildman–Crippen LogP) is 1.17. The molecule has 1 amide bonds. The molecular weight excluding hydrogens is 307 g/mol. The van der Waals surface area contributed by atoms with E-state index in [0.29, 0.717) is 0 Å². The minimum absolute atomic E-state index is 0. The third-order valence-electron chi connectivity index (χ3n) is 1.94. The van der Waals surface area contributed by atoms with Crippen molar-refractivity contribution in [3.05, 3.63) is 16.1 Å². The average molecular weight is 320 g/mol.